The van der Waals surface area contributed by atoms with E-state index in [9.17, 15) is 0 Å². The van der Waals surface area contributed by atoms with Crippen molar-refractivity contribution in [1.82, 2.24) is 0 Å². The molecule has 2 heteroatoms. The van der Waals surface area contributed by atoms with Gasteiger partial charge in [-0.25, -0.2) is 0 Å². The summed E-state index contributed by atoms with van der Waals surface area (Å²) in [4.78, 5) is 0. The van der Waals surface area contributed by atoms with E-state index < -0.39 is 0 Å². The van der Waals surface area contributed by atoms with Crippen molar-refractivity contribution in [2.75, 3.05) is 0 Å². The van der Waals surface area contributed by atoms with Crippen molar-refractivity contribution in [3.8, 4) is 0 Å². The Balaban J connectivity index is 2.83. The molecule has 0 heterocycles. The van der Waals surface area contributed by atoms with Gasteiger partial charge >= 0.3 is 47.5 Å². The van der Waals surface area contributed by atoms with E-state index in [1.165, 1.54) is 0 Å². The third kappa shape index (κ3) is 5.10. The molecule has 0 atom stereocenters. The Bertz CT molecular complexity index is 33.9. The molecular weight excluding hydrogens is 277 g/mol. The summed E-state index contributed by atoms with van der Waals surface area (Å²) in [6.45, 7) is 4.40. The van der Waals surface area contributed by atoms with Gasteiger partial charge < -0.3 is 0 Å². The fraction of sp³-hybridized carbons (Fsp3) is 1.00. The minimum atomic E-state index is -0.355. The molecule has 0 aliphatic rings. The zero-order valence-corrected chi connectivity index (χ0v) is 7.73. The van der Waals surface area contributed by atoms with E-state index in [0.29, 0.717) is 0 Å². The Morgan fingerprint density at radius 3 is 1.80 bits per heavy atom. The summed E-state index contributed by atoms with van der Waals surface area (Å²) in [5, 5.41) is 0. The van der Waals surface area contributed by atoms with Gasteiger partial charge in [-0.1, -0.05) is 0 Å². The number of hydrogen-bond acceptors (Lipinski definition) is 1. The van der Waals surface area contributed by atoms with Crippen molar-refractivity contribution < 1.29 is 0 Å². The molecule has 0 amide bonds. The zero-order valence-electron chi connectivity index (χ0n) is 3.43. The number of hydrogen-bond donors (Lipinski definition) is 0. The molecule has 0 aliphatic carbocycles. The second kappa shape index (κ2) is 3.30. The minimum absolute atomic E-state index is 0.355. The molecule has 0 nitrogen and oxygen atoms in total. The fourth-order valence-corrected chi connectivity index (χ4v) is 0. The predicted molar refractivity (Wildman–Crippen MR) is 28.4 cm³/mol. The van der Waals surface area contributed by atoms with E-state index in [1.807, 2.05) is 0 Å². The van der Waals surface area contributed by atoms with Gasteiger partial charge in [0.05, 0.1) is 0 Å². The molecule has 30 valence electrons. The zero-order chi connectivity index (χ0) is 4.28. The average molecular weight is 284 g/mol. The van der Waals surface area contributed by atoms with Gasteiger partial charge in [-0.05, 0) is 0 Å². The monoisotopic (exact) mass is 284 g/mol. The van der Waals surface area contributed by atoms with Crippen LogP contribution >= 0.6 is 8.86 Å². The summed E-state index contributed by atoms with van der Waals surface area (Å²) < 4.78 is 0.880. The summed E-state index contributed by atoms with van der Waals surface area (Å²) >= 11 is -0.355. The summed E-state index contributed by atoms with van der Waals surface area (Å²) in [5.74, 6) is 0. The Hall–Kier alpha value is 1.10. The van der Waals surface area contributed by atoms with Crippen LogP contribution in [0.2, 0.25) is 3.63 Å². The Morgan fingerprint density at radius 1 is 1.60 bits per heavy atom. The molecule has 0 fully saturated rings. The van der Waals surface area contributed by atoms with Crippen LogP contribution in [0.4, 0.5) is 0 Å². The van der Waals surface area contributed by atoms with Crippen LogP contribution in [0.25, 0.3) is 0 Å². The van der Waals surface area contributed by atoms with Gasteiger partial charge in [-0.2, -0.15) is 0 Å². The molecule has 0 aromatic carbocycles. The van der Waals surface area contributed by atoms with E-state index in [4.69, 9.17) is 8.86 Å². The molecule has 0 saturated carbocycles. The Labute approximate surface area is 47.5 Å². The molecule has 0 aliphatic heterocycles. The van der Waals surface area contributed by atoms with Gasteiger partial charge in [-0.15, -0.1) is 0 Å². The molecule has 5 heavy (non-hydrogen) atoms. The summed E-state index contributed by atoms with van der Waals surface area (Å²) in [7, 11) is 4.86. The second-order valence-corrected chi connectivity index (χ2v) is 7.88. The van der Waals surface area contributed by atoms with Crippen LogP contribution in [0, 0.1) is 0 Å². The van der Waals surface area contributed by atoms with E-state index >= 15 is 0 Å². The molecular formula is C3H7BiS. The van der Waals surface area contributed by atoms with Crippen LogP contribution < -0.4 is 0 Å². The van der Waals surface area contributed by atoms with Gasteiger partial charge in [0, 0.05) is 0 Å². The number of rotatable bonds is 1. The molecule has 0 radical (unpaired) electrons. The first-order chi connectivity index (χ1) is 2.27. The van der Waals surface area contributed by atoms with Crippen molar-refractivity contribution in [1.29, 1.82) is 0 Å². The third-order valence-electron chi connectivity index (χ3n) is 0.211. The van der Waals surface area contributed by atoms with Crippen LogP contribution in [0.3, 0.4) is 0 Å². The fourth-order valence-electron chi connectivity index (χ4n) is 0. The normalized spacial score (nSPS) is 8.60. The van der Waals surface area contributed by atoms with Crippen molar-refractivity contribution in [3.63, 3.8) is 0 Å². The topological polar surface area (TPSA) is 0 Å². The summed E-state index contributed by atoms with van der Waals surface area (Å²) in [5.41, 5.74) is 0. The van der Waals surface area contributed by atoms with Crippen LogP contribution in [0.5, 0.6) is 0 Å². The molecule has 0 aromatic heterocycles. The molecule has 0 N–H and O–H groups in total. The van der Waals surface area contributed by atoms with Crippen molar-refractivity contribution in [2.24, 2.45) is 0 Å². The standard InChI is InChI=1S/C3H7.Bi.S/c1-3-2;;/h3H,1-2H3;;. The quantitative estimate of drug-likeness (QED) is 0.660. The van der Waals surface area contributed by atoms with Gasteiger partial charge in [0.1, 0.15) is 0 Å². The van der Waals surface area contributed by atoms with E-state index in [-0.39, 0.29) is 21.2 Å². The molecule has 0 unspecified atom stereocenters. The SMILES string of the molecule is C[CH](C)[Bi]=[S]. The van der Waals surface area contributed by atoms with E-state index in [2.05, 4.69) is 13.8 Å². The Kier molecular flexibility index (Phi) is 4.03. The van der Waals surface area contributed by atoms with Gasteiger partial charge in [0.15, 0.2) is 0 Å². The average Bonchev–Trinajstić information content (AvgIpc) is 1.38. The van der Waals surface area contributed by atoms with Crippen molar-refractivity contribution >= 4 is 30.1 Å². The van der Waals surface area contributed by atoms with Crippen LogP contribution in [-0.2, 0) is 0 Å². The first kappa shape index (κ1) is 6.10. The van der Waals surface area contributed by atoms with Gasteiger partial charge in [0.25, 0.3) is 0 Å². The van der Waals surface area contributed by atoms with Crippen LogP contribution in [0.1, 0.15) is 13.8 Å². The molecule has 0 rings (SSSR count). The van der Waals surface area contributed by atoms with Gasteiger partial charge in [0.2, 0.25) is 0 Å². The van der Waals surface area contributed by atoms with E-state index in [1.54, 1.807) is 0 Å². The third-order valence-corrected chi connectivity index (χ3v) is 5.55. The van der Waals surface area contributed by atoms with Crippen LogP contribution in [-0.4, -0.2) is 21.2 Å². The predicted octanol–water partition coefficient (Wildman–Crippen LogP) is 1.63. The second-order valence-electron chi connectivity index (χ2n) is 1.20. The first-order valence-corrected chi connectivity index (χ1v) is 8.23. The van der Waals surface area contributed by atoms with Crippen molar-refractivity contribution in [2.45, 2.75) is 17.5 Å². The van der Waals surface area contributed by atoms with Crippen molar-refractivity contribution in [3.05, 3.63) is 0 Å². The molecule has 0 aromatic rings. The maximum atomic E-state index is 4.86. The molecule has 0 bridgehead atoms. The van der Waals surface area contributed by atoms with E-state index in [0.717, 1.165) is 3.63 Å². The maximum absolute atomic E-state index is 4.86. The first-order valence-electron chi connectivity index (χ1n) is 1.60. The Morgan fingerprint density at radius 2 is 1.80 bits per heavy atom. The molecule has 0 spiro atoms. The summed E-state index contributed by atoms with van der Waals surface area (Å²) in [6.07, 6.45) is 0. The van der Waals surface area contributed by atoms with Crippen LogP contribution in [0.15, 0.2) is 0 Å². The summed E-state index contributed by atoms with van der Waals surface area (Å²) in [6, 6.07) is 0. The van der Waals surface area contributed by atoms with Gasteiger partial charge in [-0.3, -0.25) is 0 Å². The molecule has 0 saturated heterocycles.